The van der Waals surface area contributed by atoms with Gasteiger partial charge in [-0.1, -0.05) is 12.1 Å². The largest absolute Gasteiger partial charge is 0.362 e. The predicted molar refractivity (Wildman–Crippen MR) is 44.3 cm³/mol. The number of hydrogen-bond acceptors (Lipinski definition) is 1. The highest BCUT2D eigenvalue weighted by Gasteiger charge is 2.50. The van der Waals surface area contributed by atoms with E-state index in [4.69, 9.17) is 4.74 Å². The number of epoxide rings is 1. The summed E-state index contributed by atoms with van der Waals surface area (Å²) in [4.78, 5) is 0. The summed E-state index contributed by atoms with van der Waals surface area (Å²) in [5.41, 5.74) is 0.678. The van der Waals surface area contributed by atoms with Gasteiger partial charge in [0.25, 0.3) is 0 Å². The lowest BCUT2D eigenvalue weighted by atomic mass is 9.98. The van der Waals surface area contributed by atoms with E-state index in [1.807, 2.05) is 19.9 Å². The number of halogens is 1. The lowest BCUT2D eigenvalue weighted by Crippen LogP contribution is -2.05. The highest BCUT2D eigenvalue weighted by atomic mass is 19.1. The molecule has 1 aromatic rings. The minimum absolute atomic E-state index is 0.198. The number of benzene rings is 1. The van der Waals surface area contributed by atoms with Crippen LogP contribution in [0, 0.1) is 5.82 Å². The summed E-state index contributed by atoms with van der Waals surface area (Å²) >= 11 is 0. The Morgan fingerprint density at radius 1 is 1.50 bits per heavy atom. The van der Waals surface area contributed by atoms with Crippen LogP contribution in [0.1, 0.15) is 19.4 Å². The van der Waals surface area contributed by atoms with Crippen molar-refractivity contribution in [1.82, 2.24) is 0 Å². The summed E-state index contributed by atoms with van der Waals surface area (Å²) < 4.78 is 18.2. The number of ether oxygens (including phenoxy) is 1. The van der Waals surface area contributed by atoms with Crippen LogP contribution >= 0.6 is 0 Å². The van der Waals surface area contributed by atoms with Crippen LogP contribution in [-0.4, -0.2) is 6.10 Å². The summed E-state index contributed by atoms with van der Waals surface area (Å²) in [5, 5.41) is 0. The second kappa shape index (κ2) is 2.30. The normalized spacial score (nSPS) is 33.4. The zero-order valence-corrected chi connectivity index (χ0v) is 7.17. The SMILES string of the molecule is CC1OC1(C)c1cccc(F)c1. The average Bonchev–Trinajstić information content (AvgIpc) is 2.61. The van der Waals surface area contributed by atoms with Gasteiger partial charge in [-0.25, -0.2) is 4.39 Å². The molecule has 0 aliphatic carbocycles. The summed E-state index contributed by atoms with van der Waals surface area (Å²) in [6, 6.07) is 6.58. The van der Waals surface area contributed by atoms with Gasteiger partial charge in [-0.15, -0.1) is 0 Å². The Morgan fingerprint density at radius 3 is 2.67 bits per heavy atom. The molecule has 1 aliphatic heterocycles. The van der Waals surface area contributed by atoms with Crippen molar-refractivity contribution >= 4 is 0 Å². The van der Waals surface area contributed by atoms with Crippen molar-refractivity contribution < 1.29 is 9.13 Å². The van der Waals surface area contributed by atoms with E-state index in [1.165, 1.54) is 12.1 Å². The molecule has 0 spiro atoms. The van der Waals surface area contributed by atoms with Crippen molar-refractivity contribution in [2.45, 2.75) is 25.6 Å². The topological polar surface area (TPSA) is 12.5 Å². The van der Waals surface area contributed by atoms with Gasteiger partial charge in [0.05, 0.1) is 6.10 Å². The molecule has 12 heavy (non-hydrogen) atoms. The maximum atomic E-state index is 12.8. The van der Waals surface area contributed by atoms with Crippen LogP contribution in [0.4, 0.5) is 4.39 Å². The van der Waals surface area contributed by atoms with Crippen LogP contribution in [0.15, 0.2) is 24.3 Å². The summed E-state index contributed by atoms with van der Waals surface area (Å²) in [6.07, 6.45) is 0.208. The van der Waals surface area contributed by atoms with Crippen molar-refractivity contribution in [1.29, 1.82) is 0 Å². The van der Waals surface area contributed by atoms with E-state index in [-0.39, 0.29) is 17.5 Å². The van der Waals surface area contributed by atoms with Gasteiger partial charge in [0, 0.05) is 0 Å². The van der Waals surface area contributed by atoms with Gasteiger partial charge >= 0.3 is 0 Å². The van der Waals surface area contributed by atoms with Crippen LogP contribution in [0.25, 0.3) is 0 Å². The minimum atomic E-state index is -0.248. The molecule has 0 aromatic heterocycles. The third-order valence-electron chi connectivity index (χ3n) is 2.54. The number of hydrogen-bond donors (Lipinski definition) is 0. The molecule has 1 fully saturated rings. The van der Waals surface area contributed by atoms with E-state index < -0.39 is 0 Å². The third kappa shape index (κ3) is 1.03. The summed E-state index contributed by atoms with van der Waals surface area (Å²) in [6.45, 7) is 3.97. The molecule has 1 aliphatic rings. The van der Waals surface area contributed by atoms with Crippen LogP contribution in [0.2, 0.25) is 0 Å². The van der Waals surface area contributed by atoms with E-state index in [0.717, 1.165) is 5.56 Å². The number of rotatable bonds is 1. The van der Waals surface area contributed by atoms with Gasteiger partial charge in [-0.3, -0.25) is 0 Å². The average molecular weight is 166 g/mol. The van der Waals surface area contributed by atoms with E-state index in [1.54, 1.807) is 6.07 Å². The molecule has 0 amide bonds. The molecule has 2 atom stereocenters. The second-order valence-electron chi connectivity index (χ2n) is 3.38. The second-order valence-corrected chi connectivity index (χ2v) is 3.38. The van der Waals surface area contributed by atoms with Gasteiger partial charge in [-0.2, -0.15) is 0 Å². The van der Waals surface area contributed by atoms with Gasteiger partial charge in [0.1, 0.15) is 11.4 Å². The van der Waals surface area contributed by atoms with E-state index in [9.17, 15) is 4.39 Å². The zero-order chi connectivity index (χ0) is 8.77. The molecule has 2 heteroatoms. The van der Waals surface area contributed by atoms with Crippen molar-refractivity contribution in [2.24, 2.45) is 0 Å². The Labute approximate surface area is 71.2 Å². The van der Waals surface area contributed by atoms with Gasteiger partial charge in [-0.05, 0) is 31.5 Å². The first-order valence-electron chi connectivity index (χ1n) is 4.07. The highest BCUT2D eigenvalue weighted by Crippen LogP contribution is 2.45. The summed E-state index contributed by atoms with van der Waals surface area (Å²) in [7, 11) is 0. The molecule has 0 bridgehead atoms. The quantitative estimate of drug-likeness (QED) is 0.584. The van der Waals surface area contributed by atoms with Crippen molar-refractivity contribution in [3.63, 3.8) is 0 Å². The lowest BCUT2D eigenvalue weighted by Gasteiger charge is -2.04. The molecule has 2 unspecified atom stereocenters. The minimum Gasteiger partial charge on any atom is -0.362 e. The molecular weight excluding hydrogens is 155 g/mol. The van der Waals surface area contributed by atoms with E-state index in [2.05, 4.69) is 0 Å². The van der Waals surface area contributed by atoms with Gasteiger partial charge < -0.3 is 4.74 Å². The van der Waals surface area contributed by atoms with Crippen LogP contribution in [-0.2, 0) is 10.3 Å². The van der Waals surface area contributed by atoms with Gasteiger partial charge in [0.15, 0.2) is 0 Å². The van der Waals surface area contributed by atoms with Crippen LogP contribution in [0.5, 0.6) is 0 Å². The smallest absolute Gasteiger partial charge is 0.123 e. The molecule has 1 heterocycles. The molecule has 1 nitrogen and oxygen atoms in total. The molecule has 0 N–H and O–H groups in total. The van der Waals surface area contributed by atoms with Crippen molar-refractivity contribution in [3.05, 3.63) is 35.6 Å². The Bertz CT molecular complexity index is 310. The molecule has 0 saturated carbocycles. The maximum Gasteiger partial charge on any atom is 0.123 e. The molecule has 64 valence electrons. The molecule has 2 rings (SSSR count). The third-order valence-corrected chi connectivity index (χ3v) is 2.54. The molecular formula is C10H11FO. The Morgan fingerprint density at radius 2 is 2.17 bits per heavy atom. The first-order valence-corrected chi connectivity index (χ1v) is 4.07. The Hall–Kier alpha value is -0.890. The van der Waals surface area contributed by atoms with Crippen molar-refractivity contribution in [3.8, 4) is 0 Å². The fraction of sp³-hybridized carbons (Fsp3) is 0.400. The maximum absolute atomic E-state index is 12.8. The van der Waals surface area contributed by atoms with Crippen LogP contribution < -0.4 is 0 Å². The van der Waals surface area contributed by atoms with E-state index in [0.29, 0.717) is 0 Å². The van der Waals surface area contributed by atoms with Gasteiger partial charge in [0.2, 0.25) is 0 Å². The van der Waals surface area contributed by atoms with Crippen molar-refractivity contribution in [2.75, 3.05) is 0 Å². The molecule has 1 aromatic carbocycles. The van der Waals surface area contributed by atoms with E-state index >= 15 is 0 Å². The standard InChI is InChI=1S/C10H11FO/c1-7-10(2,12-7)8-4-3-5-9(11)6-8/h3-7H,1-2H3. The zero-order valence-electron chi connectivity index (χ0n) is 7.17. The fourth-order valence-corrected chi connectivity index (χ4v) is 1.43. The Kier molecular flexibility index (Phi) is 1.48. The van der Waals surface area contributed by atoms with Crippen LogP contribution in [0.3, 0.4) is 0 Å². The first-order chi connectivity index (χ1) is 5.63. The fourth-order valence-electron chi connectivity index (χ4n) is 1.43. The molecule has 0 radical (unpaired) electrons. The highest BCUT2D eigenvalue weighted by molar-refractivity contribution is 5.28. The lowest BCUT2D eigenvalue weighted by molar-refractivity contribution is 0.315. The first kappa shape index (κ1) is 7.74. The monoisotopic (exact) mass is 166 g/mol. The molecule has 1 saturated heterocycles. The summed E-state index contributed by atoms with van der Waals surface area (Å²) in [5.74, 6) is -0.198. The Balaban J connectivity index is 2.36. The predicted octanol–water partition coefficient (Wildman–Crippen LogP) is 2.46.